The van der Waals surface area contributed by atoms with Crippen LogP contribution in [0.3, 0.4) is 0 Å². The van der Waals surface area contributed by atoms with Crippen LogP contribution in [0.25, 0.3) is 5.57 Å². The third-order valence-electron chi connectivity index (χ3n) is 4.30. The van der Waals surface area contributed by atoms with Crippen molar-refractivity contribution in [2.45, 2.75) is 52.0 Å². The molecule has 1 aromatic carbocycles. The first-order valence-electron chi connectivity index (χ1n) is 7.14. The molecule has 2 nitrogen and oxygen atoms in total. The first-order chi connectivity index (χ1) is 9.92. The second-order valence-electron chi connectivity index (χ2n) is 6.55. The Bertz CT molecular complexity index is 575. The van der Waals surface area contributed by atoms with Gasteiger partial charge >= 0.3 is 13.3 Å². The fourth-order valence-corrected chi connectivity index (χ4v) is 2.20. The van der Waals surface area contributed by atoms with E-state index in [1.165, 1.54) is 6.07 Å². The van der Waals surface area contributed by atoms with Gasteiger partial charge < -0.3 is 9.31 Å². The van der Waals surface area contributed by atoms with E-state index < -0.39 is 30.1 Å². The van der Waals surface area contributed by atoms with E-state index in [9.17, 15) is 13.2 Å². The SMILES string of the molecule is C/C(=C/B1OC(C)(C)C(C)(C)O1)c1cccc(C(F)(F)F)c1. The summed E-state index contributed by atoms with van der Waals surface area (Å²) in [5.41, 5.74) is -0.411. The Balaban J connectivity index is 2.24. The summed E-state index contributed by atoms with van der Waals surface area (Å²) in [5, 5.41) is 0. The molecule has 0 radical (unpaired) electrons. The van der Waals surface area contributed by atoms with Crippen molar-refractivity contribution in [2.24, 2.45) is 0 Å². The van der Waals surface area contributed by atoms with Crippen LogP contribution >= 0.6 is 0 Å². The van der Waals surface area contributed by atoms with Gasteiger partial charge in [0.25, 0.3) is 0 Å². The second kappa shape index (κ2) is 5.42. The van der Waals surface area contributed by atoms with E-state index in [0.717, 1.165) is 12.1 Å². The molecule has 0 N–H and O–H groups in total. The van der Waals surface area contributed by atoms with Gasteiger partial charge in [-0.25, -0.2) is 0 Å². The highest BCUT2D eigenvalue weighted by Crippen LogP contribution is 2.38. The second-order valence-corrected chi connectivity index (χ2v) is 6.55. The Morgan fingerprint density at radius 1 is 1.09 bits per heavy atom. The van der Waals surface area contributed by atoms with Crippen LogP contribution in [0.2, 0.25) is 0 Å². The number of alkyl halides is 3. The summed E-state index contributed by atoms with van der Waals surface area (Å²) in [6, 6.07) is 5.24. The Labute approximate surface area is 129 Å². The predicted octanol–water partition coefficient (Wildman–Crippen LogP) is 4.74. The smallest absolute Gasteiger partial charge is 0.400 e. The van der Waals surface area contributed by atoms with Gasteiger partial charge in [-0.05, 0) is 52.3 Å². The molecule has 1 fully saturated rings. The number of hydrogen-bond acceptors (Lipinski definition) is 2. The Morgan fingerprint density at radius 3 is 2.14 bits per heavy atom. The minimum absolute atomic E-state index is 0.470. The molecule has 2 rings (SSSR count). The fraction of sp³-hybridized carbons (Fsp3) is 0.500. The quantitative estimate of drug-likeness (QED) is 0.734. The molecule has 22 heavy (non-hydrogen) atoms. The Morgan fingerprint density at radius 2 is 1.64 bits per heavy atom. The number of benzene rings is 1. The Hall–Kier alpha value is -1.27. The monoisotopic (exact) mass is 312 g/mol. The molecule has 0 unspecified atom stereocenters. The summed E-state index contributed by atoms with van der Waals surface area (Å²) in [6.45, 7) is 9.47. The molecule has 6 heteroatoms. The van der Waals surface area contributed by atoms with Gasteiger partial charge in [0.1, 0.15) is 0 Å². The van der Waals surface area contributed by atoms with Gasteiger partial charge in [0.05, 0.1) is 16.8 Å². The standard InChI is InChI=1S/C16H20BF3O2/c1-11(10-17-21-14(2,3)15(4,5)22-17)12-7-6-8-13(9-12)16(18,19)20/h6-10H,1-5H3/b11-10-. The van der Waals surface area contributed by atoms with Crippen LogP contribution in [-0.2, 0) is 15.5 Å². The van der Waals surface area contributed by atoms with Crippen molar-refractivity contribution in [3.8, 4) is 0 Å². The van der Waals surface area contributed by atoms with Crippen LogP contribution in [0, 0.1) is 0 Å². The first-order valence-corrected chi connectivity index (χ1v) is 7.14. The number of halogens is 3. The maximum atomic E-state index is 12.8. The lowest BCUT2D eigenvalue weighted by molar-refractivity contribution is -0.137. The highest BCUT2D eigenvalue weighted by molar-refractivity contribution is 6.53. The van der Waals surface area contributed by atoms with Crippen molar-refractivity contribution in [3.63, 3.8) is 0 Å². The van der Waals surface area contributed by atoms with Gasteiger partial charge in [0.2, 0.25) is 0 Å². The van der Waals surface area contributed by atoms with Crippen LogP contribution in [-0.4, -0.2) is 18.3 Å². The van der Waals surface area contributed by atoms with E-state index >= 15 is 0 Å². The van der Waals surface area contributed by atoms with Crippen LogP contribution in [0.4, 0.5) is 13.2 Å². The summed E-state index contributed by atoms with van der Waals surface area (Å²) in [5.74, 6) is 1.71. The fourth-order valence-electron chi connectivity index (χ4n) is 2.20. The van der Waals surface area contributed by atoms with Crippen LogP contribution < -0.4 is 0 Å². The minimum Gasteiger partial charge on any atom is -0.400 e. The lowest BCUT2D eigenvalue weighted by Gasteiger charge is -2.32. The lowest BCUT2D eigenvalue weighted by atomic mass is 9.85. The average Bonchev–Trinajstić information content (AvgIpc) is 2.56. The van der Waals surface area contributed by atoms with E-state index in [4.69, 9.17) is 9.31 Å². The minimum atomic E-state index is -4.35. The average molecular weight is 312 g/mol. The summed E-state index contributed by atoms with van der Waals surface area (Å²) in [4.78, 5) is 0. The van der Waals surface area contributed by atoms with Crippen LogP contribution in [0.5, 0.6) is 0 Å². The topological polar surface area (TPSA) is 18.5 Å². The third-order valence-corrected chi connectivity index (χ3v) is 4.30. The highest BCUT2D eigenvalue weighted by Gasteiger charge is 2.50. The molecule has 0 aromatic heterocycles. The molecule has 0 aliphatic carbocycles. The van der Waals surface area contributed by atoms with E-state index in [-0.39, 0.29) is 0 Å². The summed E-state index contributed by atoms with van der Waals surface area (Å²) >= 11 is 0. The normalized spacial score (nSPS) is 21.3. The van der Waals surface area contributed by atoms with E-state index in [1.54, 1.807) is 19.0 Å². The summed E-state index contributed by atoms with van der Waals surface area (Å²) in [7, 11) is -0.570. The first kappa shape index (κ1) is 17.1. The van der Waals surface area contributed by atoms with Crippen LogP contribution in [0.15, 0.2) is 30.2 Å². The molecule has 120 valence electrons. The predicted molar refractivity (Wildman–Crippen MR) is 81.2 cm³/mol. The van der Waals surface area contributed by atoms with Gasteiger partial charge in [0.15, 0.2) is 0 Å². The molecular weight excluding hydrogens is 292 g/mol. The molecule has 0 spiro atoms. The van der Waals surface area contributed by atoms with Gasteiger partial charge in [-0.2, -0.15) is 13.2 Å². The van der Waals surface area contributed by atoms with Crippen molar-refractivity contribution < 1.29 is 22.5 Å². The van der Waals surface area contributed by atoms with E-state index in [2.05, 4.69) is 0 Å². The van der Waals surface area contributed by atoms with E-state index in [0.29, 0.717) is 11.1 Å². The summed E-state index contributed by atoms with van der Waals surface area (Å²) < 4.78 is 50.0. The number of rotatable bonds is 2. The van der Waals surface area contributed by atoms with Gasteiger partial charge in [-0.3, -0.25) is 0 Å². The maximum Gasteiger partial charge on any atom is 0.487 e. The molecule has 0 bridgehead atoms. The molecule has 0 atom stereocenters. The molecule has 0 amide bonds. The van der Waals surface area contributed by atoms with Crippen LogP contribution in [0.1, 0.15) is 45.7 Å². The molecule has 1 aromatic rings. The van der Waals surface area contributed by atoms with Crippen molar-refractivity contribution in [1.82, 2.24) is 0 Å². The molecule has 0 saturated carbocycles. The van der Waals surface area contributed by atoms with Crippen molar-refractivity contribution in [1.29, 1.82) is 0 Å². The zero-order valence-electron chi connectivity index (χ0n) is 13.4. The third kappa shape index (κ3) is 3.38. The zero-order chi connectivity index (χ0) is 16.8. The molecule has 1 aliphatic rings. The largest absolute Gasteiger partial charge is 0.487 e. The zero-order valence-corrected chi connectivity index (χ0v) is 13.4. The molecule has 1 saturated heterocycles. The molecular formula is C16H20BF3O2. The highest BCUT2D eigenvalue weighted by atomic mass is 19.4. The van der Waals surface area contributed by atoms with E-state index in [1.807, 2.05) is 27.7 Å². The van der Waals surface area contributed by atoms with Gasteiger partial charge in [-0.15, -0.1) is 0 Å². The van der Waals surface area contributed by atoms with Gasteiger partial charge in [-0.1, -0.05) is 23.7 Å². The van der Waals surface area contributed by atoms with Crippen molar-refractivity contribution >= 4 is 12.7 Å². The number of hydrogen-bond donors (Lipinski definition) is 0. The summed E-state index contributed by atoms with van der Waals surface area (Å²) in [6.07, 6.45) is -4.35. The molecule has 1 aliphatic heterocycles. The lowest BCUT2D eigenvalue weighted by Crippen LogP contribution is -2.41. The van der Waals surface area contributed by atoms with Gasteiger partial charge in [0, 0.05) is 0 Å². The molecule has 1 heterocycles. The maximum absolute atomic E-state index is 12.8. The Kier molecular flexibility index (Phi) is 4.21. The number of allylic oxidation sites excluding steroid dienone is 1. The van der Waals surface area contributed by atoms with Crippen molar-refractivity contribution in [3.05, 3.63) is 41.4 Å². The van der Waals surface area contributed by atoms with Crippen molar-refractivity contribution in [2.75, 3.05) is 0 Å².